The van der Waals surface area contributed by atoms with Crippen molar-refractivity contribution in [1.29, 1.82) is 0 Å². The summed E-state index contributed by atoms with van der Waals surface area (Å²) < 4.78 is 19.4. The molecule has 0 aromatic carbocycles. The molecule has 1 fully saturated rings. The second kappa shape index (κ2) is 5.33. The zero-order valence-electron chi connectivity index (χ0n) is 6.07. The number of carbonyl (C=O) groups is 1. The van der Waals surface area contributed by atoms with Gasteiger partial charge in [0.25, 0.3) is 0 Å². The minimum atomic E-state index is -2.83. The first-order valence-electron chi connectivity index (χ1n) is 3.48. The number of hydrogen-bond acceptors (Lipinski definition) is 1. The van der Waals surface area contributed by atoms with Gasteiger partial charge in [-0.05, 0) is 5.92 Å². The first kappa shape index (κ1) is 9.53. The van der Waals surface area contributed by atoms with Gasteiger partial charge >= 0.3 is 6.29 Å². The van der Waals surface area contributed by atoms with E-state index in [1.807, 2.05) is 0 Å². The van der Waals surface area contributed by atoms with E-state index in [0.29, 0.717) is 0 Å². The summed E-state index contributed by atoms with van der Waals surface area (Å²) in [6.45, 7) is 2.34. The van der Waals surface area contributed by atoms with Gasteiger partial charge in [0.1, 0.15) is 0 Å². The summed E-state index contributed by atoms with van der Waals surface area (Å²) in [7, 11) is 0. The molecule has 1 saturated carbocycles. The van der Waals surface area contributed by atoms with Gasteiger partial charge in [-0.15, -0.1) is 8.78 Å². The summed E-state index contributed by atoms with van der Waals surface area (Å²) in [4.78, 5) is 8.11. The quantitative estimate of drug-likeness (QED) is 0.484. The van der Waals surface area contributed by atoms with Crippen molar-refractivity contribution in [2.24, 2.45) is 5.92 Å². The Morgan fingerprint density at radius 1 is 1.30 bits per heavy atom. The van der Waals surface area contributed by atoms with Gasteiger partial charge in [-0.1, -0.05) is 32.6 Å². The monoisotopic (exact) mass is 150 g/mol. The van der Waals surface area contributed by atoms with E-state index in [4.69, 9.17) is 4.79 Å². The standard InChI is InChI=1S/C6H12.CF2O/c1-6-4-2-3-5-6;2-1(3)4/h6H,2-5H2,1H3;. The molecule has 60 valence electrons. The molecule has 0 heterocycles. The van der Waals surface area contributed by atoms with Crippen LogP contribution in [0.1, 0.15) is 32.6 Å². The number of rotatable bonds is 0. The van der Waals surface area contributed by atoms with E-state index < -0.39 is 6.29 Å². The van der Waals surface area contributed by atoms with E-state index in [1.165, 1.54) is 25.7 Å². The van der Waals surface area contributed by atoms with Crippen LogP contribution in [0.5, 0.6) is 0 Å². The predicted molar refractivity (Wildman–Crippen MR) is 35.2 cm³/mol. The van der Waals surface area contributed by atoms with Gasteiger partial charge in [-0.25, -0.2) is 4.79 Å². The SMILES string of the molecule is CC1CCCC1.O=C(F)F. The molecule has 0 N–H and O–H groups in total. The van der Waals surface area contributed by atoms with Crippen LogP contribution in [0.3, 0.4) is 0 Å². The molecule has 10 heavy (non-hydrogen) atoms. The normalized spacial score (nSPS) is 17.9. The lowest BCUT2D eigenvalue weighted by atomic mass is 10.2. The van der Waals surface area contributed by atoms with Gasteiger partial charge in [0, 0.05) is 0 Å². The fourth-order valence-electron chi connectivity index (χ4n) is 1.13. The van der Waals surface area contributed by atoms with E-state index >= 15 is 0 Å². The van der Waals surface area contributed by atoms with Crippen molar-refractivity contribution in [3.8, 4) is 0 Å². The highest BCUT2D eigenvalue weighted by Crippen LogP contribution is 2.22. The second-order valence-electron chi connectivity index (χ2n) is 2.62. The van der Waals surface area contributed by atoms with Crippen molar-refractivity contribution >= 4 is 6.29 Å². The Balaban J connectivity index is 0.000000180. The molecule has 1 aliphatic carbocycles. The van der Waals surface area contributed by atoms with Crippen LogP contribution in [0, 0.1) is 5.92 Å². The maximum Gasteiger partial charge on any atom is 0.483 e. The average Bonchev–Trinajstić information content (AvgIpc) is 2.15. The van der Waals surface area contributed by atoms with Gasteiger partial charge in [0.15, 0.2) is 0 Å². The van der Waals surface area contributed by atoms with Crippen LogP contribution >= 0.6 is 0 Å². The van der Waals surface area contributed by atoms with Gasteiger partial charge in [0.2, 0.25) is 0 Å². The van der Waals surface area contributed by atoms with E-state index in [9.17, 15) is 8.78 Å². The van der Waals surface area contributed by atoms with Crippen LogP contribution < -0.4 is 0 Å². The van der Waals surface area contributed by atoms with E-state index in [-0.39, 0.29) is 0 Å². The number of carbonyl (C=O) groups excluding carboxylic acids is 1. The molecule has 0 spiro atoms. The first-order valence-corrected chi connectivity index (χ1v) is 3.48. The third-order valence-corrected chi connectivity index (χ3v) is 1.64. The topological polar surface area (TPSA) is 17.1 Å². The minimum Gasteiger partial charge on any atom is -0.219 e. The lowest BCUT2D eigenvalue weighted by molar-refractivity contribution is 0.199. The van der Waals surface area contributed by atoms with Crippen LogP contribution in [-0.4, -0.2) is 6.29 Å². The Bertz CT molecular complexity index is 93.8. The summed E-state index contributed by atoms with van der Waals surface area (Å²) in [6, 6.07) is 0. The second-order valence-corrected chi connectivity index (χ2v) is 2.62. The fraction of sp³-hybridized carbons (Fsp3) is 0.857. The highest BCUT2D eigenvalue weighted by atomic mass is 19.3. The molecule has 0 aliphatic heterocycles. The molecule has 1 nitrogen and oxygen atoms in total. The molecule has 1 rings (SSSR count). The summed E-state index contributed by atoms with van der Waals surface area (Å²) in [5.41, 5.74) is 0. The molecule has 0 atom stereocenters. The number of hydrogen-bond donors (Lipinski definition) is 0. The highest BCUT2D eigenvalue weighted by molar-refractivity contribution is 5.55. The van der Waals surface area contributed by atoms with Gasteiger partial charge in [-0.2, -0.15) is 0 Å². The molecule has 0 bridgehead atoms. The Labute approximate surface area is 59.4 Å². The van der Waals surface area contributed by atoms with Crippen molar-refractivity contribution in [1.82, 2.24) is 0 Å². The van der Waals surface area contributed by atoms with E-state index in [2.05, 4.69) is 6.92 Å². The third kappa shape index (κ3) is 7.53. The molecule has 0 aromatic rings. The zero-order chi connectivity index (χ0) is 7.98. The Kier molecular flexibility index (Phi) is 5.08. The summed E-state index contributed by atoms with van der Waals surface area (Å²) in [5, 5.41) is 0. The van der Waals surface area contributed by atoms with Gasteiger partial charge in [0.05, 0.1) is 0 Å². The molecule has 0 radical (unpaired) electrons. The molecule has 0 saturated heterocycles. The van der Waals surface area contributed by atoms with Crippen molar-refractivity contribution in [3.05, 3.63) is 0 Å². The minimum absolute atomic E-state index is 1.05. The first-order chi connectivity index (χ1) is 4.63. The van der Waals surface area contributed by atoms with Crippen molar-refractivity contribution in [2.45, 2.75) is 32.6 Å². The van der Waals surface area contributed by atoms with Gasteiger partial charge in [-0.3, -0.25) is 0 Å². The molecule has 0 amide bonds. The summed E-state index contributed by atoms with van der Waals surface area (Å²) in [5.74, 6) is 1.05. The van der Waals surface area contributed by atoms with E-state index in [1.54, 1.807) is 0 Å². The van der Waals surface area contributed by atoms with Crippen molar-refractivity contribution < 1.29 is 13.6 Å². The molecular formula is C7H12F2O. The van der Waals surface area contributed by atoms with Crippen LogP contribution in [0.4, 0.5) is 13.6 Å². The Morgan fingerprint density at radius 2 is 1.60 bits per heavy atom. The molecule has 0 unspecified atom stereocenters. The largest absolute Gasteiger partial charge is 0.483 e. The van der Waals surface area contributed by atoms with Crippen molar-refractivity contribution in [2.75, 3.05) is 0 Å². The van der Waals surface area contributed by atoms with Crippen LogP contribution in [0.15, 0.2) is 0 Å². The Morgan fingerprint density at radius 3 is 1.70 bits per heavy atom. The summed E-state index contributed by atoms with van der Waals surface area (Å²) in [6.07, 6.45) is 3.11. The maximum atomic E-state index is 9.69. The molecule has 0 aromatic heterocycles. The van der Waals surface area contributed by atoms with Crippen molar-refractivity contribution in [3.63, 3.8) is 0 Å². The Hall–Kier alpha value is -0.470. The molecular weight excluding hydrogens is 138 g/mol. The van der Waals surface area contributed by atoms with Crippen LogP contribution in [0.2, 0.25) is 0 Å². The fourth-order valence-corrected chi connectivity index (χ4v) is 1.13. The third-order valence-electron chi connectivity index (χ3n) is 1.64. The average molecular weight is 150 g/mol. The predicted octanol–water partition coefficient (Wildman–Crippen LogP) is 3.24. The lowest BCUT2D eigenvalue weighted by Crippen LogP contribution is -1.78. The smallest absolute Gasteiger partial charge is 0.219 e. The maximum absolute atomic E-state index is 9.69. The zero-order valence-corrected chi connectivity index (χ0v) is 6.07. The number of halogens is 2. The van der Waals surface area contributed by atoms with E-state index in [0.717, 1.165) is 5.92 Å². The summed E-state index contributed by atoms with van der Waals surface area (Å²) >= 11 is 0. The van der Waals surface area contributed by atoms with Crippen LogP contribution in [0.25, 0.3) is 0 Å². The van der Waals surface area contributed by atoms with Crippen LogP contribution in [-0.2, 0) is 0 Å². The highest BCUT2D eigenvalue weighted by Gasteiger charge is 2.07. The molecule has 1 aliphatic rings. The molecule has 3 heteroatoms. The lowest BCUT2D eigenvalue weighted by Gasteiger charge is -1.91. The van der Waals surface area contributed by atoms with Gasteiger partial charge < -0.3 is 0 Å².